The van der Waals surface area contributed by atoms with Crippen molar-refractivity contribution in [2.75, 3.05) is 0 Å². The highest BCUT2D eigenvalue weighted by atomic mass is 16.3. The number of rotatable bonds is 4. The maximum absolute atomic E-state index is 12.7. The van der Waals surface area contributed by atoms with Crippen molar-refractivity contribution in [2.24, 2.45) is 0 Å². The van der Waals surface area contributed by atoms with E-state index in [-0.39, 0.29) is 17.6 Å². The van der Waals surface area contributed by atoms with Crippen molar-refractivity contribution in [3.05, 3.63) is 84.6 Å². The number of pyridine rings is 1. The van der Waals surface area contributed by atoms with Gasteiger partial charge < -0.3 is 9.73 Å². The fraction of sp³-hybridized carbons (Fsp3) is 0.0952. The molecule has 5 heteroatoms. The van der Waals surface area contributed by atoms with Crippen molar-refractivity contribution < 1.29 is 9.21 Å². The summed E-state index contributed by atoms with van der Waals surface area (Å²) in [7, 11) is 0. The van der Waals surface area contributed by atoms with Gasteiger partial charge in [0.2, 0.25) is 0 Å². The highest BCUT2D eigenvalue weighted by Crippen LogP contribution is 2.27. The first kappa shape index (κ1) is 16.0. The molecule has 2 aromatic carbocycles. The Morgan fingerprint density at radius 2 is 1.81 bits per heavy atom. The van der Waals surface area contributed by atoms with E-state index in [4.69, 9.17) is 4.42 Å². The Balaban J connectivity index is 1.62. The van der Waals surface area contributed by atoms with Gasteiger partial charge in [-0.15, -0.1) is 0 Å². The molecule has 1 atom stereocenters. The zero-order valence-electron chi connectivity index (χ0n) is 14.2. The van der Waals surface area contributed by atoms with Gasteiger partial charge in [0.05, 0.1) is 11.7 Å². The van der Waals surface area contributed by atoms with E-state index in [1.54, 1.807) is 6.20 Å². The molecule has 1 amide bonds. The summed E-state index contributed by atoms with van der Waals surface area (Å²) < 4.78 is 5.52. The molecule has 4 aromatic rings. The molecular weight excluding hydrogens is 326 g/mol. The Kier molecular flexibility index (Phi) is 4.19. The summed E-state index contributed by atoms with van der Waals surface area (Å²) in [6, 6.07) is 19.3. The van der Waals surface area contributed by atoms with Crippen LogP contribution < -0.4 is 5.32 Å². The van der Waals surface area contributed by atoms with Crippen LogP contribution in [-0.4, -0.2) is 15.9 Å². The molecule has 128 valence electrons. The lowest BCUT2D eigenvalue weighted by atomic mass is 10.0. The van der Waals surface area contributed by atoms with Crippen LogP contribution in [0.25, 0.3) is 22.1 Å². The lowest BCUT2D eigenvalue weighted by Gasteiger charge is -2.12. The molecular formula is C21H17N3O2. The summed E-state index contributed by atoms with van der Waals surface area (Å²) >= 11 is 0. The maximum Gasteiger partial charge on any atom is 0.274 e. The molecule has 2 heterocycles. The zero-order valence-corrected chi connectivity index (χ0v) is 14.2. The summed E-state index contributed by atoms with van der Waals surface area (Å²) in [4.78, 5) is 21.1. The average Bonchev–Trinajstić information content (AvgIpc) is 3.18. The number of carbonyl (C=O) groups is 1. The second-order valence-corrected chi connectivity index (χ2v) is 6.04. The van der Waals surface area contributed by atoms with Crippen LogP contribution in [0.3, 0.4) is 0 Å². The number of aromatic nitrogens is 2. The number of amides is 1. The molecule has 5 nitrogen and oxygen atoms in total. The van der Waals surface area contributed by atoms with Crippen LogP contribution in [0, 0.1) is 0 Å². The average molecular weight is 343 g/mol. The van der Waals surface area contributed by atoms with Gasteiger partial charge in [0, 0.05) is 11.8 Å². The lowest BCUT2D eigenvalue weighted by Crippen LogP contribution is -2.27. The summed E-state index contributed by atoms with van der Waals surface area (Å²) in [6.07, 6.45) is 3.00. The van der Waals surface area contributed by atoms with Crippen molar-refractivity contribution in [1.82, 2.24) is 15.3 Å². The van der Waals surface area contributed by atoms with Gasteiger partial charge in [-0.1, -0.05) is 42.5 Å². The second-order valence-electron chi connectivity index (χ2n) is 6.04. The fourth-order valence-electron chi connectivity index (χ4n) is 2.91. The van der Waals surface area contributed by atoms with Gasteiger partial charge in [0.15, 0.2) is 17.8 Å². The number of oxazole rings is 1. The van der Waals surface area contributed by atoms with Crippen LogP contribution in [0.2, 0.25) is 0 Å². The fourth-order valence-corrected chi connectivity index (χ4v) is 2.91. The van der Waals surface area contributed by atoms with E-state index in [1.165, 1.54) is 6.39 Å². The number of hydrogen-bond acceptors (Lipinski definition) is 4. The minimum absolute atomic E-state index is 0.232. The van der Waals surface area contributed by atoms with Crippen LogP contribution in [-0.2, 0) is 0 Å². The summed E-state index contributed by atoms with van der Waals surface area (Å²) in [6.45, 7) is 1.88. The van der Waals surface area contributed by atoms with Crippen LogP contribution in [0.15, 0.2) is 77.7 Å². The first-order valence-corrected chi connectivity index (χ1v) is 8.37. The molecule has 0 saturated heterocycles. The Hall–Kier alpha value is -3.47. The zero-order chi connectivity index (χ0) is 17.9. The number of nitrogens with zero attached hydrogens (tertiary/aromatic N) is 2. The minimum atomic E-state index is -0.292. The van der Waals surface area contributed by atoms with Crippen molar-refractivity contribution in [3.8, 4) is 11.3 Å². The van der Waals surface area contributed by atoms with Crippen LogP contribution >= 0.6 is 0 Å². The van der Waals surface area contributed by atoms with E-state index in [9.17, 15) is 4.79 Å². The number of carbonyl (C=O) groups excluding carboxylic acids is 1. The molecule has 0 saturated carbocycles. The Morgan fingerprint density at radius 3 is 2.62 bits per heavy atom. The van der Waals surface area contributed by atoms with Gasteiger partial charge in [-0.3, -0.25) is 9.78 Å². The molecule has 1 N–H and O–H groups in total. The number of fused-ring (bicyclic) bond motifs is 1. The Bertz CT molecular complexity index is 1060. The number of nitrogens with one attached hydrogen (secondary N) is 1. The van der Waals surface area contributed by atoms with Crippen LogP contribution in [0.1, 0.15) is 29.1 Å². The van der Waals surface area contributed by atoms with Crippen molar-refractivity contribution in [2.45, 2.75) is 13.0 Å². The van der Waals surface area contributed by atoms with Gasteiger partial charge >= 0.3 is 0 Å². The molecule has 1 unspecified atom stereocenters. The highest BCUT2D eigenvalue weighted by Gasteiger charge is 2.20. The third kappa shape index (κ3) is 3.07. The third-order valence-electron chi connectivity index (χ3n) is 4.27. The Labute approximate surface area is 150 Å². The van der Waals surface area contributed by atoms with Gasteiger partial charge in [0.25, 0.3) is 5.91 Å². The van der Waals surface area contributed by atoms with Gasteiger partial charge in [-0.25, -0.2) is 4.98 Å². The quantitative estimate of drug-likeness (QED) is 0.597. The molecule has 0 aliphatic heterocycles. The molecule has 4 rings (SSSR count). The minimum Gasteiger partial charge on any atom is -0.443 e. The molecule has 0 aliphatic rings. The van der Waals surface area contributed by atoms with E-state index >= 15 is 0 Å². The molecule has 0 radical (unpaired) electrons. The summed E-state index contributed by atoms with van der Waals surface area (Å²) in [5.41, 5.74) is 1.87. The van der Waals surface area contributed by atoms with E-state index in [0.717, 1.165) is 22.0 Å². The summed E-state index contributed by atoms with van der Waals surface area (Å²) in [5.74, 6) is 0.168. The second kappa shape index (κ2) is 6.80. The smallest absolute Gasteiger partial charge is 0.274 e. The molecule has 0 fully saturated rings. The van der Waals surface area contributed by atoms with E-state index in [1.807, 2.05) is 67.6 Å². The Morgan fingerprint density at radius 1 is 1.00 bits per heavy atom. The topological polar surface area (TPSA) is 68.0 Å². The standard InChI is InChI=1S/C21H17N3O2/c1-14(18-8-4-5-11-22-18)24-21(25)19-20(26-13-23-19)17-10-9-15-6-2-3-7-16(15)12-17/h2-14H,1H3,(H,24,25). The van der Waals surface area contributed by atoms with Crippen LogP contribution in [0.4, 0.5) is 0 Å². The lowest BCUT2D eigenvalue weighted by molar-refractivity contribution is 0.0935. The predicted octanol–water partition coefficient (Wildman–Crippen LogP) is 4.38. The largest absolute Gasteiger partial charge is 0.443 e. The van der Waals surface area contributed by atoms with Crippen molar-refractivity contribution >= 4 is 16.7 Å². The molecule has 0 aliphatic carbocycles. The van der Waals surface area contributed by atoms with E-state index in [2.05, 4.69) is 15.3 Å². The van der Waals surface area contributed by atoms with E-state index in [0.29, 0.717) is 5.76 Å². The van der Waals surface area contributed by atoms with Gasteiger partial charge in [-0.05, 0) is 35.9 Å². The van der Waals surface area contributed by atoms with Crippen LogP contribution in [0.5, 0.6) is 0 Å². The van der Waals surface area contributed by atoms with E-state index < -0.39 is 0 Å². The SMILES string of the molecule is CC(NC(=O)c1ncoc1-c1ccc2ccccc2c1)c1ccccn1. The first-order valence-electron chi connectivity index (χ1n) is 8.37. The molecule has 0 spiro atoms. The van der Waals surface area contributed by atoms with Crippen molar-refractivity contribution in [1.29, 1.82) is 0 Å². The monoisotopic (exact) mass is 343 g/mol. The molecule has 26 heavy (non-hydrogen) atoms. The molecule has 0 bridgehead atoms. The number of hydrogen-bond donors (Lipinski definition) is 1. The molecule has 2 aromatic heterocycles. The normalized spacial score (nSPS) is 12.0. The third-order valence-corrected chi connectivity index (χ3v) is 4.27. The first-order chi connectivity index (χ1) is 12.7. The summed E-state index contributed by atoms with van der Waals surface area (Å²) in [5, 5.41) is 5.13. The maximum atomic E-state index is 12.7. The number of benzene rings is 2. The predicted molar refractivity (Wildman–Crippen MR) is 99.6 cm³/mol. The van der Waals surface area contributed by atoms with Gasteiger partial charge in [0.1, 0.15) is 0 Å². The van der Waals surface area contributed by atoms with Crippen molar-refractivity contribution in [3.63, 3.8) is 0 Å². The van der Waals surface area contributed by atoms with Gasteiger partial charge in [-0.2, -0.15) is 0 Å². The highest BCUT2D eigenvalue weighted by molar-refractivity contribution is 5.98.